The van der Waals surface area contributed by atoms with Crippen molar-refractivity contribution < 1.29 is 9.90 Å². The standard InChI is InChI=1S/C56H59ClN6O2S/c1-34-36(3)66-54-50(34)52(58-35(2)53-60-59-37(4)63(53)54)42-16-19-45(20-17-42)62-32-56(33-62)26-22-38(23-27-56)31-61-28-24-40(25-29-61)39-12-14-41(15-13-39)51-46-21-18-44(55(64)65)30-43(46)8-7-10-48(51)47-9-5-6-11-49(47)57/h5-6,9,11-21,30,35,38,40H,7-8,10,22-29,31-33H2,1-4H3,(H,64,65)/t35-/m0/s1. The third-order valence-electron chi connectivity index (χ3n) is 15.8. The molecule has 2 saturated heterocycles. The van der Waals surface area contributed by atoms with Crippen molar-refractivity contribution in [3.8, 4) is 5.00 Å². The number of piperidine rings is 1. The third kappa shape index (κ3) is 7.84. The summed E-state index contributed by atoms with van der Waals surface area (Å²) < 4.78 is 2.21. The first-order valence-electron chi connectivity index (χ1n) is 24.2. The molecule has 1 saturated carbocycles. The van der Waals surface area contributed by atoms with Crippen LogP contribution in [0.5, 0.6) is 0 Å². The maximum atomic E-state index is 11.9. The Balaban J connectivity index is 0.696. The Morgan fingerprint density at radius 3 is 2.30 bits per heavy atom. The van der Waals surface area contributed by atoms with Gasteiger partial charge in [0, 0.05) is 51.8 Å². The fourth-order valence-electron chi connectivity index (χ4n) is 12.0. The molecule has 1 N–H and O–H groups in total. The Morgan fingerprint density at radius 1 is 0.848 bits per heavy atom. The molecule has 0 amide bonds. The number of hydrogen-bond donors (Lipinski definition) is 1. The number of nitrogens with zero attached hydrogens (tertiary/aromatic N) is 6. The molecule has 5 aliphatic rings. The average molecular weight is 916 g/mol. The van der Waals surface area contributed by atoms with Gasteiger partial charge in [0.25, 0.3) is 0 Å². The minimum absolute atomic E-state index is 0.0765. The van der Waals surface area contributed by atoms with E-state index in [2.05, 4.69) is 106 Å². The number of thiophene rings is 1. The highest BCUT2D eigenvalue weighted by molar-refractivity contribution is 7.15. The lowest BCUT2D eigenvalue weighted by Gasteiger charge is -2.55. The number of rotatable bonds is 8. The molecule has 2 aliphatic carbocycles. The first-order valence-corrected chi connectivity index (χ1v) is 25.3. The highest BCUT2D eigenvalue weighted by atomic mass is 35.5. The van der Waals surface area contributed by atoms with E-state index in [-0.39, 0.29) is 6.04 Å². The summed E-state index contributed by atoms with van der Waals surface area (Å²) in [7, 11) is 0. The number of benzene rings is 4. The zero-order chi connectivity index (χ0) is 45.3. The maximum absolute atomic E-state index is 11.9. The number of fused-ring (bicyclic) bond motifs is 4. The number of aryl methyl sites for hydroxylation is 3. The molecule has 5 heterocycles. The molecule has 6 aromatic rings. The Bertz CT molecular complexity index is 2890. The van der Waals surface area contributed by atoms with Gasteiger partial charge >= 0.3 is 5.97 Å². The second kappa shape index (κ2) is 17.4. The molecule has 8 nitrogen and oxygen atoms in total. The van der Waals surface area contributed by atoms with Gasteiger partial charge in [0.05, 0.1) is 11.3 Å². The Hall–Kier alpha value is -5.35. The molecule has 1 atom stereocenters. The van der Waals surface area contributed by atoms with Crippen LogP contribution in [-0.2, 0) is 6.42 Å². The van der Waals surface area contributed by atoms with Crippen molar-refractivity contribution in [2.75, 3.05) is 37.6 Å². The molecule has 0 bridgehead atoms. The lowest BCUT2D eigenvalue weighted by atomic mass is 9.65. The number of aromatic carboxylic acids is 1. The van der Waals surface area contributed by atoms with Crippen LogP contribution in [-0.4, -0.2) is 69.2 Å². The topological polar surface area (TPSA) is 86.8 Å². The molecule has 1 spiro atoms. The molecule has 0 radical (unpaired) electrons. The van der Waals surface area contributed by atoms with E-state index in [4.69, 9.17) is 16.6 Å². The summed E-state index contributed by atoms with van der Waals surface area (Å²) in [5, 5.41) is 20.7. The fraction of sp³-hybridized carbons (Fsp3) is 0.393. The summed E-state index contributed by atoms with van der Waals surface area (Å²) in [6.07, 6.45) is 10.4. The molecule has 11 rings (SSSR count). The molecule has 3 aliphatic heterocycles. The largest absolute Gasteiger partial charge is 0.478 e. The summed E-state index contributed by atoms with van der Waals surface area (Å²) in [4.78, 5) is 23.8. The number of halogens is 1. The minimum Gasteiger partial charge on any atom is -0.478 e. The summed E-state index contributed by atoms with van der Waals surface area (Å²) in [6.45, 7) is 14.5. The van der Waals surface area contributed by atoms with Crippen molar-refractivity contribution in [1.82, 2.24) is 19.7 Å². The average Bonchev–Trinajstić information content (AvgIpc) is 3.72. The van der Waals surface area contributed by atoms with E-state index in [0.717, 1.165) is 77.3 Å². The quantitative estimate of drug-likeness (QED) is 0.164. The maximum Gasteiger partial charge on any atom is 0.335 e. The van der Waals surface area contributed by atoms with Crippen molar-refractivity contribution >= 4 is 51.5 Å². The number of aromatic nitrogens is 3. The van der Waals surface area contributed by atoms with Gasteiger partial charge in [0.2, 0.25) is 0 Å². The van der Waals surface area contributed by atoms with Gasteiger partial charge in [-0.05, 0) is 185 Å². The van der Waals surface area contributed by atoms with Crippen LogP contribution in [0, 0.1) is 32.1 Å². The Kier molecular flexibility index (Phi) is 11.4. The number of anilines is 1. The van der Waals surface area contributed by atoms with Crippen LogP contribution in [0.3, 0.4) is 0 Å². The number of carboxylic acid groups (broad SMARTS) is 1. The number of allylic oxidation sites excluding steroid dienone is 1. The Morgan fingerprint density at radius 2 is 1.58 bits per heavy atom. The smallest absolute Gasteiger partial charge is 0.335 e. The van der Waals surface area contributed by atoms with Gasteiger partial charge < -0.3 is 14.9 Å². The van der Waals surface area contributed by atoms with Crippen LogP contribution in [0.15, 0.2) is 96.0 Å². The molecule has 3 fully saturated rings. The number of likely N-dealkylation sites (tertiary alicyclic amines) is 1. The van der Waals surface area contributed by atoms with Gasteiger partial charge in [-0.15, -0.1) is 21.5 Å². The van der Waals surface area contributed by atoms with Crippen LogP contribution in [0.1, 0.15) is 142 Å². The van der Waals surface area contributed by atoms with E-state index in [0.29, 0.717) is 16.9 Å². The van der Waals surface area contributed by atoms with Gasteiger partial charge in [-0.3, -0.25) is 9.56 Å². The van der Waals surface area contributed by atoms with Crippen LogP contribution >= 0.6 is 22.9 Å². The number of hydrogen-bond acceptors (Lipinski definition) is 7. The molecule has 0 unspecified atom stereocenters. The fourth-order valence-corrected chi connectivity index (χ4v) is 13.5. The highest BCUT2D eigenvalue weighted by Gasteiger charge is 2.45. The minimum atomic E-state index is -0.885. The number of carboxylic acids is 1. The highest BCUT2D eigenvalue weighted by Crippen LogP contribution is 2.48. The normalized spacial score (nSPS) is 20.0. The Labute approximate surface area is 398 Å². The van der Waals surface area contributed by atoms with E-state index >= 15 is 0 Å². The molecule has 2 aromatic heterocycles. The van der Waals surface area contributed by atoms with E-state index in [1.54, 1.807) is 6.07 Å². The lowest BCUT2D eigenvalue weighted by Crippen LogP contribution is -2.58. The van der Waals surface area contributed by atoms with E-state index in [1.807, 2.05) is 42.5 Å². The van der Waals surface area contributed by atoms with Crippen LogP contribution < -0.4 is 4.90 Å². The first-order chi connectivity index (χ1) is 32.0. The van der Waals surface area contributed by atoms with Crippen LogP contribution in [0.4, 0.5) is 5.69 Å². The van der Waals surface area contributed by atoms with E-state index < -0.39 is 5.97 Å². The first kappa shape index (κ1) is 43.2. The van der Waals surface area contributed by atoms with Crippen molar-refractivity contribution in [2.45, 2.75) is 97.4 Å². The summed E-state index contributed by atoms with van der Waals surface area (Å²) >= 11 is 8.65. The van der Waals surface area contributed by atoms with Crippen molar-refractivity contribution in [3.05, 3.63) is 163 Å². The van der Waals surface area contributed by atoms with Gasteiger partial charge in [0.1, 0.15) is 16.9 Å². The molecule has 66 heavy (non-hydrogen) atoms. The van der Waals surface area contributed by atoms with Crippen molar-refractivity contribution in [2.24, 2.45) is 16.3 Å². The van der Waals surface area contributed by atoms with E-state index in [9.17, 15) is 9.90 Å². The van der Waals surface area contributed by atoms with E-state index in [1.165, 1.54) is 113 Å². The third-order valence-corrected chi connectivity index (χ3v) is 17.4. The van der Waals surface area contributed by atoms with Gasteiger partial charge in [-0.2, -0.15) is 0 Å². The molecular formula is C56H59ClN6O2S. The van der Waals surface area contributed by atoms with Crippen LogP contribution in [0.25, 0.3) is 16.1 Å². The molecular weight excluding hydrogens is 856 g/mol. The summed E-state index contributed by atoms with van der Waals surface area (Å²) in [5.74, 6) is 2.29. The van der Waals surface area contributed by atoms with Gasteiger partial charge in [-0.25, -0.2) is 4.79 Å². The van der Waals surface area contributed by atoms with Gasteiger partial charge in [0.15, 0.2) is 5.82 Å². The molecule has 338 valence electrons. The predicted octanol–water partition coefficient (Wildman–Crippen LogP) is 12.7. The van der Waals surface area contributed by atoms with Crippen molar-refractivity contribution in [1.29, 1.82) is 0 Å². The second-order valence-corrected chi connectivity index (χ2v) is 21.6. The molecule has 4 aromatic carbocycles. The predicted molar refractivity (Wildman–Crippen MR) is 269 cm³/mol. The lowest BCUT2D eigenvalue weighted by molar-refractivity contribution is 0.0696. The van der Waals surface area contributed by atoms with Gasteiger partial charge in [-0.1, -0.05) is 72.3 Å². The summed E-state index contributed by atoms with van der Waals surface area (Å²) in [6, 6.07) is 32.2. The zero-order valence-corrected chi connectivity index (χ0v) is 40.2. The monoisotopic (exact) mass is 914 g/mol. The molecule has 10 heteroatoms. The number of aliphatic imine (C=N–C) groups is 1. The summed E-state index contributed by atoms with van der Waals surface area (Å²) in [5.41, 5.74) is 15.1. The zero-order valence-electron chi connectivity index (χ0n) is 38.6. The van der Waals surface area contributed by atoms with Crippen LogP contribution in [0.2, 0.25) is 5.02 Å². The SMILES string of the molecule is Cc1sc2c(c1C)C(c1ccc(N3CC4(CCC(CN5CCC(c6ccc(C7=C(c8ccccc8Cl)CCCc8cc(C(=O)O)ccc87)cc6)CC5)CC4)C3)cc1)=N[C@@H](C)c1nnc(C)n1-2. The number of carbonyl (C=O) groups is 1. The van der Waals surface area contributed by atoms with Crippen molar-refractivity contribution in [3.63, 3.8) is 0 Å². The second-order valence-electron chi connectivity index (χ2n) is 20.0.